The fraction of sp³-hybridized carbons (Fsp3) is 0.500. The van der Waals surface area contributed by atoms with Crippen LogP contribution in [0.1, 0.15) is 36.1 Å². The molecule has 3 N–H and O–H groups in total. The number of ether oxygens (including phenoxy) is 1. The summed E-state index contributed by atoms with van der Waals surface area (Å²) in [6, 6.07) is 3.74. The number of aliphatic imine (C=N–C) groups is 1. The molecular formula is C12H17N3O3. The lowest BCUT2D eigenvalue weighted by molar-refractivity contribution is 0.0488. The molecule has 0 aromatic carbocycles. The standard InChI is InChI=1S/C12H17N3O3/c1-2-17-11(16)10-6-5-9(18-10)7-14-12(13)15-8-3-4-8/h5-6,8H,2-4,7H2,1H3,(H3,13,14,15). The van der Waals surface area contributed by atoms with Crippen LogP contribution in [0, 0.1) is 0 Å². The molecule has 98 valence electrons. The molecule has 0 saturated heterocycles. The highest BCUT2D eigenvalue weighted by atomic mass is 16.5. The predicted molar refractivity (Wildman–Crippen MR) is 66.1 cm³/mol. The minimum atomic E-state index is -0.461. The molecule has 18 heavy (non-hydrogen) atoms. The largest absolute Gasteiger partial charge is 0.460 e. The Kier molecular flexibility index (Phi) is 3.86. The number of furan rings is 1. The third-order valence-corrected chi connectivity index (χ3v) is 2.47. The van der Waals surface area contributed by atoms with Crippen LogP contribution in [0.15, 0.2) is 21.5 Å². The summed E-state index contributed by atoms with van der Waals surface area (Å²) in [5.74, 6) is 0.720. The molecule has 0 aliphatic heterocycles. The lowest BCUT2D eigenvalue weighted by Gasteiger charge is -2.01. The van der Waals surface area contributed by atoms with Gasteiger partial charge in [0, 0.05) is 6.04 Å². The number of rotatable bonds is 5. The van der Waals surface area contributed by atoms with Gasteiger partial charge in [0.1, 0.15) is 12.3 Å². The number of nitrogens with two attached hydrogens (primary N) is 1. The van der Waals surface area contributed by atoms with Crippen molar-refractivity contribution in [3.63, 3.8) is 0 Å². The van der Waals surface area contributed by atoms with E-state index in [4.69, 9.17) is 14.9 Å². The van der Waals surface area contributed by atoms with Crippen LogP contribution in [0.5, 0.6) is 0 Å². The first kappa shape index (κ1) is 12.5. The number of hydrogen-bond acceptors (Lipinski definition) is 4. The summed E-state index contributed by atoms with van der Waals surface area (Å²) in [7, 11) is 0. The van der Waals surface area contributed by atoms with Gasteiger partial charge in [-0.2, -0.15) is 0 Å². The summed E-state index contributed by atoms with van der Waals surface area (Å²) in [4.78, 5) is 15.5. The maximum atomic E-state index is 11.4. The van der Waals surface area contributed by atoms with Crippen LogP contribution >= 0.6 is 0 Å². The molecule has 0 unspecified atom stereocenters. The summed E-state index contributed by atoms with van der Waals surface area (Å²) in [6.07, 6.45) is 2.29. The van der Waals surface area contributed by atoms with E-state index >= 15 is 0 Å². The Hall–Kier alpha value is -1.98. The van der Waals surface area contributed by atoms with Crippen molar-refractivity contribution in [3.8, 4) is 0 Å². The first-order valence-corrected chi connectivity index (χ1v) is 6.01. The van der Waals surface area contributed by atoms with Crippen LogP contribution in [0.4, 0.5) is 0 Å². The molecule has 1 aliphatic carbocycles. The Morgan fingerprint density at radius 3 is 3.06 bits per heavy atom. The van der Waals surface area contributed by atoms with Crippen molar-refractivity contribution in [2.75, 3.05) is 6.61 Å². The van der Waals surface area contributed by atoms with E-state index < -0.39 is 5.97 Å². The van der Waals surface area contributed by atoms with Gasteiger partial charge in [0.2, 0.25) is 5.76 Å². The smallest absolute Gasteiger partial charge is 0.374 e. The van der Waals surface area contributed by atoms with Crippen molar-refractivity contribution in [3.05, 3.63) is 23.7 Å². The molecule has 6 heteroatoms. The molecule has 1 saturated carbocycles. The average molecular weight is 251 g/mol. The summed E-state index contributed by atoms with van der Waals surface area (Å²) in [6.45, 7) is 2.38. The van der Waals surface area contributed by atoms with Crippen molar-refractivity contribution in [2.45, 2.75) is 32.4 Å². The predicted octanol–water partition coefficient (Wildman–Crippen LogP) is 1.02. The van der Waals surface area contributed by atoms with Gasteiger partial charge < -0.3 is 20.2 Å². The van der Waals surface area contributed by atoms with Crippen LogP contribution in [0.2, 0.25) is 0 Å². The second-order valence-corrected chi connectivity index (χ2v) is 4.11. The third-order valence-electron chi connectivity index (χ3n) is 2.47. The third kappa shape index (κ3) is 3.51. The minimum Gasteiger partial charge on any atom is -0.460 e. The van der Waals surface area contributed by atoms with E-state index in [1.807, 2.05) is 0 Å². The van der Waals surface area contributed by atoms with Gasteiger partial charge in [0.05, 0.1) is 6.61 Å². The minimum absolute atomic E-state index is 0.191. The maximum absolute atomic E-state index is 11.4. The summed E-state index contributed by atoms with van der Waals surface area (Å²) >= 11 is 0. The van der Waals surface area contributed by atoms with Crippen molar-refractivity contribution < 1.29 is 13.9 Å². The van der Waals surface area contributed by atoms with Crippen LogP contribution in [0.3, 0.4) is 0 Å². The average Bonchev–Trinajstić information content (AvgIpc) is 3.02. The van der Waals surface area contributed by atoms with Gasteiger partial charge in [-0.05, 0) is 31.9 Å². The SMILES string of the molecule is CCOC(=O)c1ccc(CN=C(N)NC2CC2)o1. The highest BCUT2D eigenvalue weighted by Gasteiger charge is 2.21. The van der Waals surface area contributed by atoms with Gasteiger partial charge in [0.15, 0.2) is 5.96 Å². The second-order valence-electron chi connectivity index (χ2n) is 4.11. The zero-order chi connectivity index (χ0) is 13.0. The normalized spacial score (nSPS) is 15.5. The van der Waals surface area contributed by atoms with E-state index in [1.54, 1.807) is 19.1 Å². The number of carbonyl (C=O) groups is 1. The lowest BCUT2D eigenvalue weighted by Crippen LogP contribution is -2.33. The fourth-order valence-electron chi connectivity index (χ4n) is 1.42. The number of hydrogen-bond donors (Lipinski definition) is 2. The van der Waals surface area contributed by atoms with Gasteiger partial charge in [0.25, 0.3) is 0 Å². The summed E-state index contributed by atoms with van der Waals surface area (Å²) in [5, 5.41) is 3.07. The fourth-order valence-corrected chi connectivity index (χ4v) is 1.42. The molecule has 0 bridgehead atoms. The van der Waals surface area contributed by atoms with Gasteiger partial charge in [-0.3, -0.25) is 0 Å². The summed E-state index contributed by atoms with van der Waals surface area (Å²) < 4.78 is 10.1. The quantitative estimate of drug-likeness (QED) is 0.463. The lowest BCUT2D eigenvalue weighted by atomic mass is 10.4. The Labute approximate surface area is 105 Å². The maximum Gasteiger partial charge on any atom is 0.374 e. The Balaban J connectivity index is 1.87. The highest BCUT2D eigenvalue weighted by Crippen LogP contribution is 2.18. The molecule has 1 aromatic heterocycles. The van der Waals surface area contributed by atoms with Gasteiger partial charge in [-0.25, -0.2) is 9.79 Å². The van der Waals surface area contributed by atoms with Crippen molar-refractivity contribution in [1.29, 1.82) is 0 Å². The van der Waals surface area contributed by atoms with E-state index in [-0.39, 0.29) is 5.76 Å². The number of nitrogens with zero attached hydrogens (tertiary/aromatic N) is 1. The molecule has 0 amide bonds. The van der Waals surface area contributed by atoms with E-state index in [9.17, 15) is 4.79 Å². The first-order valence-electron chi connectivity index (χ1n) is 6.01. The van der Waals surface area contributed by atoms with E-state index in [0.29, 0.717) is 30.9 Å². The topological polar surface area (TPSA) is 89.8 Å². The Morgan fingerprint density at radius 1 is 1.61 bits per heavy atom. The zero-order valence-corrected chi connectivity index (χ0v) is 10.3. The van der Waals surface area contributed by atoms with Crippen LogP contribution in [-0.4, -0.2) is 24.6 Å². The van der Waals surface area contributed by atoms with E-state index in [2.05, 4.69) is 10.3 Å². The van der Waals surface area contributed by atoms with Crippen molar-refractivity contribution in [1.82, 2.24) is 5.32 Å². The Morgan fingerprint density at radius 2 is 2.39 bits per heavy atom. The number of carbonyl (C=O) groups excluding carboxylic acids is 1. The van der Waals surface area contributed by atoms with Gasteiger partial charge in [-0.15, -0.1) is 0 Å². The molecule has 0 atom stereocenters. The molecule has 0 spiro atoms. The number of guanidine groups is 1. The molecule has 1 aliphatic rings. The monoisotopic (exact) mass is 251 g/mol. The van der Waals surface area contributed by atoms with Crippen molar-refractivity contribution >= 4 is 11.9 Å². The van der Waals surface area contributed by atoms with Gasteiger partial charge >= 0.3 is 5.97 Å². The molecule has 1 aromatic rings. The molecular weight excluding hydrogens is 234 g/mol. The highest BCUT2D eigenvalue weighted by molar-refractivity contribution is 5.86. The second kappa shape index (κ2) is 5.57. The van der Waals surface area contributed by atoms with E-state index in [0.717, 1.165) is 12.8 Å². The number of nitrogens with one attached hydrogen (secondary N) is 1. The molecule has 6 nitrogen and oxygen atoms in total. The van der Waals surface area contributed by atoms with Crippen LogP contribution < -0.4 is 11.1 Å². The number of esters is 1. The van der Waals surface area contributed by atoms with Crippen molar-refractivity contribution in [2.24, 2.45) is 10.7 Å². The molecule has 1 fully saturated rings. The molecule has 2 rings (SSSR count). The summed E-state index contributed by atoms with van der Waals surface area (Å²) in [5.41, 5.74) is 5.68. The first-order chi connectivity index (χ1) is 8.69. The zero-order valence-electron chi connectivity index (χ0n) is 10.3. The molecule has 1 heterocycles. The van der Waals surface area contributed by atoms with Crippen LogP contribution in [-0.2, 0) is 11.3 Å². The molecule has 0 radical (unpaired) electrons. The Bertz CT molecular complexity index is 449. The van der Waals surface area contributed by atoms with Crippen LogP contribution in [0.25, 0.3) is 0 Å². The van der Waals surface area contributed by atoms with Gasteiger partial charge in [-0.1, -0.05) is 0 Å². The van der Waals surface area contributed by atoms with E-state index in [1.165, 1.54) is 0 Å².